The number of aromatic nitrogens is 1. The molecule has 0 bridgehead atoms. The third kappa shape index (κ3) is 4.68. The first-order valence-electron chi connectivity index (χ1n) is 7.40. The molecule has 2 aromatic rings. The monoisotopic (exact) mass is 313 g/mol. The molecule has 1 aromatic carbocycles. The number of anilines is 1. The van der Waals surface area contributed by atoms with Crippen LogP contribution >= 0.6 is 0 Å². The van der Waals surface area contributed by atoms with Crippen LogP contribution in [-0.4, -0.2) is 17.6 Å². The molecule has 1 N–H and O–H groups in total. The van der Waals surface area contributed by atoms with Crippen LogP contribution in [0, 0.1) is 22.6 Å². The zero-order valence-electron chi connectivity index (χ0n) is 13.5. The Morgan fingerprint density at radius 1 is 1.26 bits per heavy atom. The number of hydrogen-bond acceptors (Lipinski definition) is 4. The molecule has 1 aromatic heterocycles. The minimum Gasteiger partial charge on any atom is -0.488 e. The summed E-state index contributed by atoms with van der Waals surface area (Å²) in [5.41, 5.74) is 0.381. The fourth-order valence-electron chi connectivity index (χ4n) is 1.97. The Labute approximate surface area is 135 Å². The maximum atomic E-state index is 13.7. The van der Waals surface area contributed by atoms with Gasteiger partial charge in [0.2, 0.25) is 0 Å². The van der Waals surface area contributed by atoms with Crippen molar-refractivity contribution in [3.05, 3.63) is 54.0 Å². The van der Waals surface area contributed by atoms with Gasteiger partial charge in [-0.2, -0.15) is 5.26 Å². The van der Waals surface area contributed by atoms with Gasteiger partial charge in [-0.05, 0) is 29.7 Å². The van der Waals surface area contributed by atoms with E-state index in [0.717, 1.165) is 0 Å². The lowest BCUT2D eigenvalue weighted by Gasteiger charge is -2.31. The van der Waals surface area contributed by atoms with Crippen LogP contribution < -0.4 is 10.1 Å². The Morgan fingerprint density at radius 2 is 2.00 bits per heavy atom. The van der Waals surface area contributed by atoms with E-state index in [2.05, 4.69) is 31.1 Å². The molecule has 0 saturated heterocycles. The normalized spacial score (nSPS) is 12.3. The van der Waals surface area contributed by atoms with E-state index < -0.39 is 0 Å². The molecule has 0 radical (unpaired) electrons. The first-order chi connectivity index (χ1) is 10.9. The molecule has 0 spiro atoms. The minimum atomic E-state index is -0.378. The second kappa shape index (κ2) is 7.10. The van der Waals surface area contributed by atoms with Gasteiger partial charge in [0.25, 0.3) is 0 Å². The number of para-hydroxylation sites is 1. The minimum absolute atomic E-state index is 0.0810. The molecule has 0 fully saturated rings. The SMILES string of the molecule is CC(C)(C)C(COc1ccccc1F)Nc1ccc(C#N)cn1. The smallest absolute Gasteiger partial charge is 0.165 e. The number of nitrogens with one attached hydrogen (secondary N) is 1. The molecule has 5 heteroatoms. The van der Waals surface area contributed by atoms with Gasteiger partial charge in [0.1, 0.15) is 18.5 Å². The van der Waals surface area contributed by atoms with E-state index in [1.54, 1.807) is 30.3 Å². The highest BCUT2D eigenvalue weighted by atomic mass is 19.1. The van der Waals surface area contributed by atoms with Crippen LogP contribution in [0.5, 0.6) is 5.75 Å². The molecular weight excluding hydrogens is 293 g/mol. The summed E-state index contributed by atoms with van der Waals surface area (Å²) >= 11 is 0. The molecule has 0 aliphatic carbocycles. The average molecular weight is 313 g/mol. The molecule has 120 valence electrons. The van der Waals surface area contributed by atoms with E-state index in [4.69, 9.17) is 10.00 Å². The van der Waals surface area contributed by atoms with Gasteiger partial charge in [-0.3, -0.25) is 0 Å². The van der Waals surface area contributed by atoms with Crippen molar-refractivity contribution < 1.29 is 9.13 Å². The Kier molecular flexibility index (Phi) is 5.17. The third-order valence-corrected chi connectivity index (χ3v) is 3.50. The molecular formula is C18H20FN3O. The number of pyridine rings is 1. The van der Waals surface area contributed by atoms with E-state index in [-0.39, 0.29) is 23.0 Å². The molecule has 1 unspecified atom stereocenters. The highest BCUT2D eigenvalue weighted by Gasteiger charge is 2.26. The number of ether oxygens (including phenoxy) is 1. The van der Waals surface area contributed by atoms with Crippen molar-refractivity contribution in [1.29, 1.82) is 5.26 Å². The molecule has 0 aliphatic rings. The summed E-state index contributed by atoms with van der Waals surface area (Å²) in [6.45, 7) is 6.50. The maximum absolute atomic E-state index is 13.7. The van der Waals surface area contributed by atoms with E-state index >= 15 is 0 Å². The highest BCUT2D eigenvalue weighted by molar-refractivity contribution is 5.40. The number of nitriles is 1. The van der Waals surface area contributed by atoms with E-state index in [9.17, 15) is 4.39 Å². The molecule has 23 heavy (non-hydrogen) atoms. The fraction of sp³-hybridized carbons (Fsp3) is 0.333. The van der Waals surface area contributed by atoms with Gasteiger partial charge >= 0.3 is 0 Å². The molecule has 2 rings (SSSR count). The summed E-state index contributed by atoms with van der Waals surface area (Å²) < 4.78 is 19.3. The number of benzene rings is 1. The van der Waals surface area contributed by atoms with Gasteiger partial charge in [-0.15, -0.1) is 0 Å². The fourth-order valence-corrected chi connectivity index (χ4v) is 1.97. The predicted molar refractivity (Wildman–Crippen MR) is 87.7 cm³/mol. The van der Waals surface area contributed by atoms with E-state index in [1.165, 1.54) is 12.3 Å². The summed E-state index contributed by atoms with van der Waals surface area (Å²) in [5.74, 6) is 0.508. The van der Waals surface area contributed by atoms with E-state index in [0.29, 0.717) is 18.0 Å². The highest BCUT2D eigenvalue weighted by Crippen LogP contribution is 2.24. The summed E-state index contributed by atoms with van der Waals surface area (Å²) in [4.78, 5) is 4.21. The average Bonchev–Trinajstić information content (AvgIpc) is 2.52. The topological polar surface area (TPSA) is 57.9 Å². The number of nitrogens with zero attached hydrogens (tertiary/aromatic N) is 2. The molecule has 0 amide bonds. The van der Waals surface area contributed by atoms with Crippen molar-refractivity contribution in [1.82, 2.24) is 4.98 Å². The summed E-state index contributed by atoms with van der Waals surface area (Å²) in [5, 5.41) is 12.1. The first-order valence-corrected chi connectivity index (χ1v) is 7.40. The zero-order valence-corrected chi connectivity index (χ0v) is 13.5. The van der Waals surface area contributed by atoms with Crippen LogP contribution in [-0.2, 0) is 0 Å². The second-order valence-corrected chi connectivity index (χ2v) is 6.35. The van der Waals surface area contributed by atoms with Crippen molar-refractivity contribution in [2.45, 2.75) is 26.8 Å². The third-order valence-electron chi connectivity index (χ3n) is 3.50. The van der Waals surface area contributed by atoms with Crippen molar-refractivity contribution in [2.24, 2.45) is 5.41 Å². The number of halogens is 1. The Hall–Kier alpha value is -2.61. The van der Waals surface area contributed by atoms with Crippen LogP contribution in [0.3, 0.4) is 0 Å². The van der Waals surface area contributed by atoms with Gasteiger partial charge in [-0.1, -0.05) is 32.9 Å². The molecule has 0 aliphatic heterocycles. The molecule has 1 heterocycles. The first kappa shape index (κ1) is 16.8. The standard InChI is InChI=1S/C18H20FN3O/c1-18(2,3)16(12-23-15-7-5-4-6-14(15)19)22-17-9-8-13(10-20)11-21-17/h4-9,11,16H,12H2,1-3H3,(H,21,22). The summed E-state index contributed by atoms with van der Waals surface area (Å²) in [6, 6.07) is 11.7. The van der Waals surface area contributed by atoms with Gasteiger partial charge in [-0.25, -0.2) is 9.37 Å². The summed E-state index contributed by atoms with van der Waals surface area (Å²) in [7, 11) is 0. The lowest BCUT2D eigenvalue weighted by atomic mass is 9.87. The number of hydrogen-bond donors (Lipinski definition) is 1. The van der Waals surface area contributed by atoms with Gasteiger partial charge in [0, 0.05) is 6.20 Å². The molecule has 1 atom stereocenters. The Balaban J connectivity index is 2.08. The van der Waals surface area contributed by atoms with Crippen molar-refractivity contribution in [3.63, 3.8) is 0 Å². The Bertz CT molecular complexity index is 687. The lowest BCUT2D eigenvalue weighted by molar-refractivity contribution is 0.212. The quantitative estimate of drug-likeness (QED) is 0.906. The molecule has 0 saturated carbocycles. The molecule has 4 nitrogen and oxygen atoms in total. The van der Waals surface area contributed by atoms with Crippen molar-refractivity contribution in [3.8, 4) is 11.8 Å². The van der Waals surface area contributed by atoms with Gasteiger partial charge < -0.3 is 10.1 Å². The van der Waals surface area contributed by atoms with Gasteiger partial charge in [0.15, 0.2) is 11.6 Å². The maximum Gasteiger partial charge on any atom is 0.165 e. The van der Waals surface area contributed by atoms with Gasteiger partial charge in [0.05, 0.1) is 11.6 Å². The van der Waals surface area contributed by atoms with Crippen LogP contribution in [0.1, 0.15) is 26.3 Å². The van der Waals surface area contributed by atoms with Crippen molar-refractivity contribution >= 4 is 5.82 Å². The zero-order chi connectivity index (χ0) is 16.9. The Morgan fingerprint density at radius 3 is 2.57 bits per heavy atom. The van der Waals surface area contributed by atoms with Crippen molar-refractivity contribution in [2.75, 3.05) is 11.9 Å². The van der Waals surface area contributed by atoms with Crippen LogP contribution in [0.2, 0.25) is 0 Å². The predicted octanol–water partition coefficient (Wildman–Crippen LogP) is 4.00. The van der Waals surface area contributed by atoms with E-state index in [1.807, 2.05) is 6.07 Å². The summed E-state index contributed by atoms with van der Waals surface area (Å²) in [6.07, 6.45) is 1.51. The number of rotatable bonds is 5. The second-order valence-electron chi connectivity index (χ2n) is 6.35. The van der Waals surface area contributed by atoms with Crippen LogP contribution in [0.4, 0.5) is 10.2 Å². The van der Waals surface area contributed by atoms with Crippen LogP contribution in [0.15, 0.2) is 42.6 Å². The lowest BCUT2D eigenvalue weighted by Crippen LogP contribution is -2.39. The largest absolute Gasteiger partial charge is 0.488 e. The van der Waals surface area contributed by atoms with Crippen LogP contribution in [0.25, 0.3) is 0 Å².